The highest BCUT2D eigenvalue weighted by molar-refractivity contribution is 6.30. The molecular weight excluding hydrogens is 278 g/mol. The largest absolute Gasteiger partial charge is 0.471 e. The molecule has 3 aromatic rings. The number of nitrogens with zero attached hydrogens (tertiary/aromatic N) is 3. The van der Waals surface area contributed by atoms with E-state index in [2.05, 4.69) is 25.3 Å². The summed E-state index contributed by atoms with van der Waals surface area (Å²) in [5, 5.41) is 3.62. The van der Waals surface area contributed by atoms with Crippen LogP contribution < -0.4 is 10.1 Å². The number of ether oxygens (including phenoxy) is 1. The number of benzene rings is 1. The van der Waals surface area contributed by atoms with E-state index in [9.17, 15) is 0 Å². The Labute approximate surface area is 120 Å². The molecule has 0 atom stereocenters. The molecule has 0 spiro atoms. The maximum Gasteiger partial charge on any atom is 0.243 e. The van der Waals surface area contributed by atoms with Crippen molar-refractivity contribution in [3.8, 4) is 5.88 Å². The number of H-pyrrole nitrogens is 1. The summed E-state index contributed by atoms with van der Waals surface area (Å²) in [6.07, 6.45) is 1.43. The third-order valence-electron chi connectivity index (χ3n) is 2.78. The zero-order valence-electron chi connectivity index (χ0n) is 10.7. The summed E-state index contributed by atoms with van der Waals surface area (Å²) in [6.45, 7) is 0.400. The molecule has 20 heavy (non-hydrogen) atoms. The molecule has 0 aliphatic rings. The second-order valence-corrected chi connectivity index (χ2v) is 4.56. The first-order valence-corrected chi connectivity index (χ1v) is 6.40. The number of nitrogens with one attached hydrogen (secondary N) is 2. The Morgan fingerprint density at radius 2 is 2.05 bits per heavy atom. The summed E-state index contributed by atoms with van der Waals surface area (Å²) in [7, 11) is 1.78. The molecule has 2 aromatic heterocycles. The molecule has 2 N–H and O–H groups in total. The summed E-state index contributed by atoms with van der Waals surface area (Å²) < 4.78 is 5.71. The first kappa shape index (κ1) is 12.7. The van der Waals surface area contributed by atoms with E-state index in [1.165, 1.54) is 6.33 Å². The number of aromatic amines is 1. The number of hydrogen-bond acceptors (Lipinski definition) is 5. The molecule has 2 heterocycles. The molecule has 0 aliphatic heterocycles. The lowest BCUT2D eigenvalue weighted by molar-refractivity contribution is 0.297. The normalized spacial score (nSPS) is 10.7. The Hall–Kier alpha value is -2.34. The van der Waals surface area contributed by atoms with Crippen molar-refractivity contribution in [2.45, 2.75) is 6.61 Å². The van der Waals surface area contributed by atoms with Crippen molar-refractivity contribution in [1.29, 1.82) is 0 Å². The molecule has 7 heteroatoms. The fourth-order valence-electron chi connectivity index (χ4n) is 1.77. The third kappa shape index (κ3) is 2.50. The summed E-state index contributed by atoms with van der Waals surface area (Å²) >= 11 is 5.84. The van der Waals surface area contributed by atoms with Crippen molar-refractivity contribution in [2.75, 3.05) is 12.4 Å². The molecule has 0 unspecified atom stereocenters. The number of aromatic nitrogens is 4. The summed E-state index contributed by atoms with van der Waals surface area (Å²) in [4.78, 5) is 15.5. The van der Waals surface area contributed by atoms with Crippen molar-refractivity contribution < 1.29 is 4.74 Å². The fourth-order valence-corrected chi connectivity index (χ4v) is 1.89. The maximum absolute atomic E-state index is 5.84. The zero-order valence-corrected chi connectivity index (χ0v) is 11.5. The van der Waals surface area contributed by atoms with E-state index < -0.39 is 0 Å². The molecule has 0 aliphatic carbocycles. The van der Waals surface area contributed by atoms with Crippen LogP contribution in [0, 0.1) is 0 Å². The quantitative estimate of drug-likeness (QED) is 0.772. The second kappa shape index (κ2) is 5.34. The molecule has 6 nitrogen and oxygen atoms in total. The summed E-state index contributed by atoms with van der Waals surface area (Å²) in [5.74, 6) is 1.09. The van der Waals surface area contributed by atoms with Gasteiger partial charge < -0.3 is 15.0 Å². The van der Waals surface area contributed by atoms with Gasteiger partial charge in [0.15, 0.2) is 5.65 Å². The van der Waals surface area contributed by atoms with Crippen LogP contribution in [0.15, 0.2) is 30.6 Å². The minimum Gasteiger partial charge on any atom is -0.471 e. The molecule has 0 saturated carbocycles. The van der Waals surface area contributed by atoms with E-state index in [4.69, 9.17) is 16.3 Å². The number of hydrogen-bond donors (Lipinski definition) is 2. The van der Waals surface area contributed by atoms with Crippen LogP contribution in [0.5, 0.6) is 5.88 Å². The van der Waals surface area contributed by atoms with Crippen molar-refractivity contribution >= 4 is 28.7 Å². The van der Waals surface area contributed by atoms with Gasteiger partial charge in [-0.2, -0.15) is 9.97 Å². The number of imidazole rings is 1. The van der Waals surface area contributed by atoms with Gasteiger partial charge in [-0.25, -0.2) is 4.98 Å². The third-order valence-corrected chi connectivity index (χ3v) is 3.03. The van der Waals surface area contributed by atoms with Gasteiger partial charge >= 0.3 is 0 Å². The van der Waals surface area contributed by atoms with Crippen LogP contribution in [0.2, 0.25) is 5.02 Å². The molecule has 0 fully saturated rings. The summed E-state index contributed by atoms with van der Waals surface area (Å²) in [6, 6.07) is 7.47. The average Bonchev–Trinajstić information content (AvgIpc) is 2.90. The second-order valence-electron chi connectivity index (χ2n) is 4.13. The average molecular weight is 290 g/mol. The van der Waals surface area contributed by atoms with Gasteiger partial charge in [0, 0.05) is 12.1 Å². The minimum absolute atomic E-state index is 0.400. The number of rotatable bonds is 4. The molecule has 0 amide bonds. The van der Waals surface area contributed by atoms with Crippen LogP contribution in [0.1, 0.15) is 5.56 Å². The van der Waals surface area contributed by atoms with E-state index >= 15 is 0 Å². The van der Waals surface area contributed by atoms with Crippen LogP contribution in [0.4, 0.5) is 5.95 Å². The first-order valence-electron chi connectivity index (χ1n) is 6.02. The van der Waals surface area contributed by atoms with Gasteiger partial charge in [-0.05, 0) is 17.7 Å². The summed E-state index contributed by atoms with van der Waals surface area (Å²) in [5.41, 5.74) is 2.25. The van der Waals surface area contributed by atoms with Gasteiger partial charge in [0.25, 0.3) is 0 Å². The maximum atomic E-state index is 5.84. The fraction of sp³-hybridized carbons (Fsp3) is 0.154. The van der Waals surface area contributed by atoms with E-state index in [0.29, 0.717) is 34.6 Å². The Kier molecular flexibility index (Phi) is 3.39. The Bertz CT molecular complexity index is 725. The van der Waals surface area contributed by atoms with E-state index in [1.54, 1.807) is 7.05 Å². The van der Waals surface area contributed by atoms with Crippen LogP contribution in [0.25, 0.3) is 11.2 Å². The van der Waals surface area contributed by atoms with Gasteiger partial charge in [0.05, 0.1) is 0 Å². The van der Waals surface area contributed by atoms with Gasteiger partial charge in [0.2, 0.25) is 11.8 Å². The Morgan fingerprint density at radius 3 is 2.80 bits per heavy atom. The van der Waals surface area contributed by atoms with E-state index in [0.717, 1.165) is 5.56 Å². The van der Waals surface area contributed by atoms with Gasteiger partial charge in [-0.3, -0.25) is 0 Å². The smallest absolute Gasteiger partial charge is 0.243 e. The highest BCUT2D eigenvalue weighted by Gasteiger charge is 2.10. The first-order chi connectivity index (χ1) is 9.76. The molecule has 0 radical (unpaired) electrons. The standard InChI is InChI=1S/C13H12ClN5O/c1-15-13-18-10-11(19-13)16-7-17-12(10)20-6-8-2-4-9(14)5-3-8/h2-5,7H,6H2,1H3,(H2,15,16,17,18,19). The zero-order chi connectivity index (χ0) is 13.9. The molecule has 0 saturated heterocycles. The minimum atomic E-state index is 0.400. The highest BCUT2D eigenvalue weighted by atomic mass is 35.5. The van der Waals surface area contributed by atoms with Crippen molar-refractivity contribution in [2.24, 2.45) is 0 Å². The molecule has 1 aromatic carbocycles. The molecular formula is C13H12ClN5O. The number of halogens is 1. The van der Waals surface area contributed by atoms with Crippen LogP contribution in [-0.2, 0) is 6.61 Å². The van der Waals surface area contributed by atoms with E-state index in [1.807, 2.05) is 24.3 Å². The number of fused-ring (bicyclic) bond motifs is 1. The predicted octanol–water partition coefficient (Wildman–Crippen LogP) is 2.63. The Morgan fingerprint density at radius 1 is 1.25 bits per heavy atom. The van der Waals surface area contributed by atoms with Crippen molar-refractivity contribution in [3.05, 3.63) is 41.2 Å². The molecule has 3 rings (SSSR count). The lowest BCUT2D eigenvalue weighted by Gasteiger charge is -2.05. The molecule has 102 valence electrons. The lowest BCUT2D eigenvalue weighted by atomic mass is 10.2. The van der Waals surface area contributed by atoms with Gasteiger partial charge in [-0.15, -0.1) is 0 Å². The monoisotopic (exact) mass is 289 g/mol. The van der Waals surface area contributed by atoms with Crippen molar-refractivity contribution in [1.82, 2.24) is 19.9 Å². The van der Waals surface area contributed by atoms with Crippen LogP contribution >= 0.6 is 11.6 Å². The molecule has 0 bridgehead atoms. The predicted molar refractivity (Wildman–Crippen MR) is 77.0 cm³/mol. The van der Waals surface area contributed by atoms with Crippen LogP contribution in [0.3, 0.4) is 0 Å². The Balaban J connectivity index is 1.83. The SMILES string of the molecule is CNc1nc2ncnc(OCc3ccc(Cl)cc3)c2[nH]1. The van der Waals surface area contributed by atoms with Crippen molar-refractivity contribution in [3.63, 3.8) is 0 Å². The highest BCUT2D eigenvalue weighted by Crippen LogP contribution is 2.21. The van der Waals surface area contributed by atoms with E-state index in [-0.39, 0.29) is 0 Å². The van der Waals surface area contributed by atoms with Gasteiger partial charge in [0.1, 0.15) is 18.5 Å². The lowest BCUT2D eigenvalue weighted by Crippen LogP contribution is -1.98. The topological polar surface area (TPSA) is 75.7 Å². The van der Waals surface area contributed by atoms with Gasteiger partial charge in [-0.1, -0.05) is 23.7 Å². The van der Waals surface area contributed by atoms with Crippen LogP contribution in [-0.4, -0.2) is 27.0 Å². The number of anilines is 1.